The Balaban J connectivity index is 2.27. The summed E-state index contributed by atoms with van der Waals surface area (Å²) in [6.45, 7) is 10.9. The topological polar surface area (TPSA) is 55.0 Å². The Bertz CT molecular complexity index is 392. The largest absolute Gasteiger partial charge is 0.384 e. The molecule has 1 aromatic heterocycles. The fourth-order valence-electron chi connectivity index (χ4n) is 2.21. The van der Waals surface area contributed by atoms with Crippen LogP contribution < -0.4 is 10.6 Å². The highest BCUT2D eigenvalue weighted by Gasteiger charge is 2.27. The molecule has 2 unspecified atom stereocenters. The molecule has 0 amide bonds. The Morgan fingerprint density at radius 3 is 2.35 bits per heavy atom. The number of rotatable bonds is 2. The van der Waals surface area contributed by atoms with Gasteiger partial charge in [-0.15, -0.1) is 0 Å². The highest BCUT2D eigenvalue weighted by Crippen LogP contribution is 2.27. The molecule has 2 rings (SSSR count). The van der Waals surface area contributed by atoms with Crippen LogP contribution in [0.4, 0.5) is 11.6 Å². The molecular formula is C13H22N4. The van der Waals surface area contributed by atoms with Crippen LogP contribution in [0.25, 0.3) is 0 Å². The minimum Gasteiger partial charge on any atom is -0.384 e. The van der Waals surface area contributed by atoms with E-state index < -0.39 is 0 Å². The van der Waals surface area contributed by atoms with Gasteiger partial charge in [-0.2, -0.15) is 0 Å². The van der Waals surface area contributed by atoms with Gasteiger partial charge in [0.05, 0.1) is 0 Å². The average Bonchev–Trinajstić information content (AvgIpc) is 2.58. The molecule has 0 aromatic carbocycles. The van der Waals surface area contributed by atoms with Gasteiger partial charge in [0.2, 0.25) is 0 Å². The van der Waals surface area contributed by atoms with E-state index in [2.05, 4.69) is 42.6 Å². The van der Waals surface area contributed by atoms with Crippen LogP contribution in [0.3, 0.4) is 0 Å². The van der Waals surface area contributed by atoms with Crippen molar-refractivity contribution in [1.29, 1.82) is 0 Å². The van der Waals surface area contributed by atoms with Crippen molar-refractivity contribution in [3.05, 3.63) is 11.9 Å². The summed E-state index contributed by atoms with van der Waals surface area (Å²) < 4.78 is 0. The minimum atomic E-state index is 0.315. The van der Waals surface area contributed by atoms with Gasteiger partial charge in [-0.1, -0.05) is 27.7 Å². The monoisotopic (exact) mass is 234 g/mol. The Hall–Kier alpha value is -1.32. The van der Waals surface area contributed by atoms with E-state index in [1.165, 1.54) is 0 Å². The zero-order chi connectivity index (χ0) is 12.6. The van der Waals surface area contributed by atoms with Gasteiger partial charge in [0, 0.05) is 25.1 Å². The summed E-state index contributed by atoms with van der Waals surface area (Å²) in [5, 5.41) is 0. The third-order valence-corrected chi connectivity index (χ3v) is 3.58. The molecular weight excluding hydrogens is 212 g/mol. The Morgan fingerprint density at radius 1 is 1.24 bits per heavy atom. The predicted molar refractivity (Wildman–Crippen MR) is 71.1 cm³/mol. The normalized spacial score (nSPS) is 24.6. The lowest BCUT2D eigenvalue weighted by atomic mass is 10.0. The quantitative estimate of drug-likeness (QED) is 0.853. The van der Waals surface area contributed by atoms with Crippen molar-refractivity contribution in [3.63, 3.8) is 0 Å². The lowest BCUT2D eigenvalue weighted by Crippen LogP contribution is -2.22. The van der Waals surface area contributed by atoms with Crippen LogP contribution in [0.5, 0.6) is 0 Å². The van der Waals surface area contributed by atoms with E-state index in [-0.39, 0.29) is 0 Å². The molecule has 1 fully saturated rings. The molecule has 1 aliphatic heterocycles. The van der Waals surface area contributed by atoms with E-state index in [0.29, 0.717) is 23.6 Å². The van der Waals surface area contributed by atoms with Crippen molar-refractivity contribution in [2.45, 2.75) is 33.6 Å². The van der Waals surface area contributed by atoms with Gasteiger partial charge >= 0.3 is 0 Å². The molecule has 2 heterocycles. The zero-order valence-electron chi connectivity index (χ0n) is 11.1. The fourth-order valence-corrected chi connectivity index (χ4v) is 2.21. The molecule has 1 aromatic rings. The van der Waals surface area contributed by atoms with Crippen molar-refractivity contribution in [1.82, 2.24) is 9.97 Å². The third kappa shape index (κ3) is 2.51. The lowest BCUT2D eigenvalue weighted by molar-refractivity contribution is 0.494. The standard InChI is InChI=1S/C13H22N4/c1-8(2)13-15-11(14)5-12(16-13)17-6-9(3)10(4)7-17/h5,8-10H,6-7H2,1-4H3,(H2,14,15,16). The van der Waals surface area contributed by atoms with Crippen LogP contribution in [-0.4, -0.2) is 23.1 Å². The summed E-state index contributed by atoms with van der Waals surface area (Å²) in [6.07, 6.45) is 0. The first-order chi connectivity index (χ1) is 7.97. The minimum absolute atomic E-state index is 0.315. The Labute approximate surface area is 103 Å². The van der Waals surface area contributed by atoms with Gasteiger partial charge in [-0.25, -0.2) is 9.97 Å². The zero-order valence-corrected chi connectivity index (χ0v) is 11.1. The number of nitrogens with two attached hydrogens (primary N) is 1. The third-order valence-electron chi connectivity index (χ3n) is 3.58. The summed E-state index contributed by atoms with van der Waals surface area (Å²) in [4.78, 5) is 11.2. The molecule has 2 atom stereocenters. The second-order valence-electron chi connectivity index (χ2n) is 5.52. The van der Waals surface area contributed by atoms with E-state index in [1.54, 1.807) is 0 Å². The summed E-state index contributed by atoms with van der Waals surface area (Å²) in [5.74, 6) is 4.15. The molecule has 94 valence electrons. The number of nitrogen functional groups attached to an aromatic ring is 1. The van der Waals surface area contributed by atoms with Gasteiger partial charge in [-0.05, 0) is 11.8 Å². The maximum absolute atomic E-state index is 5.86. The molecule has 0 spiro atoms. The highest BCUT2D eigenvalue weighted by atomic mass is 15.2. The molecule has 1 saturated heterocycles. The van der Waals surface area contributed by atoms with Crippen molar-refractivity contribution < 1.29 is 0 Å². The molecule has 0 radical (unpaired) electrons. The maximum Gasteiger partial charge on any atom is 0.135 e. The van der Waals surface area contributed by atoms with Crippen LogP contribution in [0.15, 0.2) is 6.07 Å². The summed E-state index contributed by atoms with van der Waals surface area (Å²) >= 11 is 0. The second kappa shape index (κ2) is 4.51. The number of hydrogen-bond donors (Lipinski definition) is 1. The van der Waals surface area contributed by atoms with Gasteiger partial charge in [0.15, 0.2) is 0 Å². The van der Waals surface area contributed by atoms with E-state index in [0.717, 1.165) is 24.7 Å². The highest BCUT2D eigenvalue weighted by molar-refractivity contribution is 5.48. The Kier molecular flexibility index (Phi) is 3.22. The van der Waals surface area contributed by atoms with Crippen LogP contribution in [0.1, 0.15) is 39.4 Å². The van der Waals surface area contributed by atoms with E-state index in [4.69, 9.17) is 5.73 Å². The van der Waals surface area contributed by atoms with Crippen LogP contribution in [-0.2, 0) is 0 Å². The van der Waals surface area contributed by atoms with E-state index >= 15 is 0 Å². The van der Waals surface area contributed by atoms with Crippen molar-refractivity contribution in [3.8, 4) is 0 Å². The lowest BCUT2D eigenvalue weighted by Gasteiger charge is -2.18. The van der Waals surface area contributed by atoms with Gasteiger partial charge in [-0.3, -0.25) is 0 Å². The smallest absolute Gasteiger partial charge is 0.135 e. The SMILES string of the molecule is CC(C)c1nc(N)cc(N2CC(C)C(C)C2)n1. The van der Waals surface area contributed by atoms with Gasteiger partial charge < -0.3 is 10.6 Å². The van der Waals surface area contributed by atoms with Crippen molar-refractivity contribution in [2.75, 3.05) is 23.7 Å². The molecule has 1 aliphatic rings. The first-order valence-corrected chi connectivity index (χ1v) is 6.36. The predicted octanol–water partition coefficient (Wildman–Crippen LogP) is 2.27. The fraction of sp³-hybridized carbons (Fsp3) is 0.692. The first kappa shape index (κ1) is 12.1. The molecule has 17 heavy (non-hydrogen) atoms. The number of aromatic nitrogens is 2. The second-order valence-corrected chi connectivity index (χ2v) is 5.52. The number of anilines is 2. The van der Waals surface area contributed by atoms with Crippen LogP contribution >= 0.6 is 0 Å². The summed E-state index contributed by atoms with van der Waals surface area (Å²) in [7, 11) is 0. The molecule has 4 nitrogen and oxygen atoms in total. The first-order valence-electron chi connectivity index (χ1n) is 6.36. The Morgan fingerprint density at radius 2 is 1.82 bits per heavy atom. The number of hydrogen-bond acceptors (Lipinski definition) is 4. The van der Waals surface area contributed by atoms with Crippen LogP contribution in [0, 0.1) is 11.8 Å². The van der Waals surface area contributed by atoms with Crippen molar-refractivity contribution in [2.24, 2.45) is 11.8 Å². The molecule has 4 heteroatoms. The summed E-state index contributed by atoms with van der Waals surface area (Å²) in [6, 6.07) is 1.89. The molecule has 0 bridgehead atoms. The summed E-state index contributed by atoms with van der Waals surface area (Å²) in [5.41, 5.74) is 5.86. The molecule has 0 aliphatic carbocycles. The molecule has 0 saturated carbocycles. The number of nitrogens with zero attached hydrogens (tertiary/aromatic N) is 3. The average molecular weight is 234 g/mol. The van der Waals surface area contributed by atoms with E-state index in [1.807, 2.05) is 6.07 Å². The maximum atomic E-state index is 5.86. The van der Waals surface area contributed by atoms with Crippen molar-refractivity contribution >= 4 is 11.6 Å². The van der Waals surface area contributed by atoms with Gasteiger partial charge in [0.25, 0.3) is 0 Å². The van der Waals surface area contributed by atoms with Gasteiger partial charge in [0.1, 0.15) is 17.5 Å². The van der Waals surface area contributed by atoms with Crippen LogP contribution in [0.2, 0.25) is 0 Å². The van der Waals surface area contributed by atoms with E-state index in [9.17, 15) is 0 Å². The molecule has 2 N–H and O–H groups in total.